The number of nitrogens with zero attached hydrogens (tertiary/aromatic N) is 4. The van der Waals surface area contributed by atoms with E-state index >= 15 is 0 Å². The minimum atomic E-state index is -0.594. The van der Waals surface area contributed by atoms with Gasteiger partial charge in [0.15, 0.2) is 15.9 Å². The summed E-state index contributed by atoms with van der Waals surface area (Å²) in [5.74, 6) is -0.594. The Bertz CT molecular complexity index is 769. The van der Waals surface area contributed by atoms with Crippen LogP contribution >= 0.6 is 15.9 Å². The largest absolute Gasteiger partial charge is 0.368 e. The summed E-state index contributed by atoms with van der Waals surface area (Å²) in [5.41, 5.74) is 4.47. The molecule has 96 valence electrons. The minimum Gasteiger partial charge on any atom is -0.368 e. The van der Waals surface area contributed by atoms with Crippen molar-refractivity contribution in [1.29, 1.82) is 0 Å². The Morgan fingerprint density at radius 1 is 1.33 bits per heavy atom. The van der Waals surface area contributed by atoms with Gasteiger partial charge in [-0.1, -0.05) is 0 Å². The van der Waals surface area contributed by atoms with Crippen molar-refractivity contribution in [3.63, 3.8) is 0 Å². The van der Waals surface area contributed by atoms with Gasteiger partial charge in [-0.3, -0.25) is 23.3 Å². The average molecular weight is 316 g/mol. The third-order valence-corrected chi connectivity index (χ3v) is 3.21. The van der Waals surface area contributed by atoms with Crippen LogP contribution in [0.15, 0.2) is 14.3 Å². The Morgan fingerprint density at radius 3 is 2.50 bits per heavy atom. The Labute approximate surface area is 109 Å². The molecular weight excluding hydrogens is 306 g/mol. The number of carbonyl (C=O) groups is 1. The number of imidazole rings is 1. The van der Waals surface area contributed by atoms with Crippen LogP contribution in [-0.4, -0.2) is 24.6 Å². The predicted molar refractivity (Wildman–Crippen MR) is 67.1 cm³/mol. The topological polar surface area (TPSA) is 105 Å². The van der Waals surface area contributed by atoms with Crippen molar-refractivity contribution in [2.24, 2.45) is 19.8 Å². The quantitative estimate of drug-likeness (QED) is 0.694. The molecule has 0 saturated heterocycles. The van der Waals surface area contributed by atoms with Gasteiger partial charge in [0.1, 0.15) is 6.54 Å². The van der Waals surface area contributed by atoms with E-state index in [1.807, 2.05) is 0 Å². The summed E-state index contributed by atoms with van der Waals surface area (Å²) in [4.78, 5) is 38.7. The summed E-state index contributed by atoms with van der Waals surface area (Å²) in [6.45, 7) is -0.169. The first-order chi connectivity index (χ1) is 8.34. The molecule has 0 fully saturated rings. The van der Waals surface area contributed by atoms with Crippen LogP contribution in [-0.2, 0) is 25.4 Å². The van der Waals surface area contributed by atoms with E-state index in [0.29, 0.717) is 0 Å². The van der Waals surface area contributed by atoms with Crippen molar-refractivity contribution in [2.45, 2.75) is 6.54 Å². The Kier molecular flexibility index (Phi) is 2.85. The maximum absolute atomic E-state index is 11.9. The first-order valence-electron chi connectivity index (χ1n) is 4.94. The summed E-state index contributed by atoms with van der Waals surface area (Å²) in [6.07, 6.45) is 0. The van der Waals surface area contributed by atoms with Gasteiger partial charge >= 0.3 is 5.69 Å². The predicted octanol–water partition coefficient (Wildman–Crippen LogP) is -1.32. The molecule has 0 aromatic carbocycles. The number of aryl methyl sites for hydroxylation is 1. The van der Waals surface area contributed by atoms with Crippen molar-refractivity contribution in [1.82, 2.24) is 18.7 Å². The SMILES string of the molecule is Cn1c(=O)c2nc(Br)n(CC(N)=O)c2n(C)c1=O. The molecule has 0 aliphatic rings. The summed E-state index contributed by atoms with van der Waals surface area (Å²) < 4.78 is 3.85. The second kappa shape index (κ2) is 4.09. The second-order valence-corrected chi connectivity index (χ2v) is 4.52. The van der Waals surface area contributed by atoms with Crippen LogP contribution in [0.2, 0.25) is 0 Å². The molecule has 8 nitrogen and oxygen atoms in total. The lowest BCUT2D eigenvalue weighted by Gasteiger charge is -2.07. The van der Waals surface area contributed by atoms with Gasteiger partial charge < -0.3 is 5.73 Å². The normalized spacial score (nSPS) is 11.1. The van der Waals surface area contributed by atoms with Crippen LogP contribution in [0.3, 0.4) is 0 Å². The number of rotatable bonds is 2. The van der Waals surface area contributed by atoms with Gasteiger partial charge in [0.25, 0.3) is 5.56 Å². The molecule has 2 heterocycles. The summed E-state index contributed by atoms with van der Waals surface area (Å²) in [5, 5.41) is 0. The van der Waals surface area contributed by atoms with E-state index in [4.69, 9.17) is 5.73 Å². The number of halogens is 1. The fourth-order valence-corrected chi connectivity index (χ4v) is 2.23. The molecule has 0 bridgehead atoms. The van der Waals surface area contributed by atoms with E-state index in [0.717, 1.165) is 4.57 Å². The third-order valence-electron chi connectivity index (χ3n) is 2.61. The van der Waals surface area contributed by atoms with Gasteiger partial charge in [-0.15, -0.1) is 0 Å². The monoisotopic (exact) mass is 315 g/mol. The standard InChI is InChI=1S/C9H10BrN5O3/c1-13-6-5(7(17)14(2)9(13)18)12-8(10)15(6)3-4(11)16/h3H2,1-2H3,(H2,11,16). The molecule has 9 heteroatoms. The Morgan fingerprint density at radius 2 is 1.94 bits per heavy atom. The van der Waals surface area contributed by atoms with E-state index in [1.165, 1.54) is 23.2 Å². The van der Waals surface area contributed by atoms with Gasteiger partial charge in [-0.25, -0.2) is 9.78 Å². The molecule has 0 radical (unpaired) electrons. The molecule has 0 aliphatic heterocycles. The second-order valence-electron chi connectivity index (χ2n) is 3.81. The highest BCUT2D eigenvalue weighted by molar-refractivity contribution is 9.10. The number of amides is 1. The smallest absolute Gasteiger partial charge is 0.332 e. The Balaban J connectivity index is 2.99. The van der Waals surface area contributed by atoms with Crippen LogP contribution in [0.25, 0.3) is 11.2 Å². The highest BCUT2D eigenvalue weighted by Gasteiger charge is 2.18. The van der Waals surface area contributed by atoms with Crippen molar-refractivity contribution >= 4 is 33.0 Å². The summed E-state index contributed by atoms with van der Waals surface area (Å²) >= 11 is 3.14. The molecule has 0 saturated carbocycles. The average Bonchev–Trinajstić information content (AvgIpc) is 2.61. The number of nitrogens with two attached hydrogens (primary N) is 1. The zero-order valence-electron chi connectivity index (χ0n) is 9.68. The molecule has 2 aromatic heterocycles. The van der Waals surface area contributed by atoms with Gasteiger partial charge in [-0.05, 0) is 15.9 Å². The molecular formula is C9H10BrN5O3. The number of hydrogen-bond acceptors (Lipinski definition) is 4. The molecule has 2 aromatic rings. The number of aromatic nitrogens is 4. The summed E-state index contributed by atoms with van der Waals surface area (Å²) in [7, 11) is 2.86. The first kappa shape index (κ1) is 12.6. The van der Waals surface area contributed by atoms with Crippen LogP contribution in [0.5, 0.6) is 0 Å². The highest BCUT2D eigenvalue weighted by atomic mass is 79.9. The van der Waals surface area contributed by atoms with E-state index in [1.54, 1.807) is 0 Å². The molecule has 0 unspecified atom stereocenters. The number of primary amides is 1. The van der Waals surface area contributed by atoms with Gasteiger partial charge in [0, 0.05) is 14.1 Å². The maximum atomic E-state index is 11.9. The van der Waals surface area contributed by atoms with E-state index in [2.05, 4.69) is 20.9 Å². The lowest BCUT2D eigenvalue weighted by molar-refractivity contribution is -0.118. The summed E-state index contributed by atoms with van der Waals surface area (Å²) in [6, 6.07) is 0. The van der Waals surface area contributed by atoms with Crippen molar-refractivity contribution < 1.29 is 4.79 Å². The van der Waals surface area contributed by atoms with Crippen LogP contribution in [0.4, 0.5) is 0 Å². The molecule has 0 spiro atoms. The molecule has 1 amide bonds. The zero-order chi connectivity index (χ0) is 13.6. The lowest BCUT2D eigenvalue weighted by atomic mass is 10.5. The first-order valence-corrected chi connectivity index (χ1v) is 5.74. The fourth-order valence-electron chi connectivity index (χ4n) is 1.76. The Hall–Kier alpha value is -1.90. The third kappa shape index (κ3) is 1.67. The minimum absolute atomic E-state index is 0.104. The maximum Gasteiger partial charge on any atom is 0.332 e. The van der Waals surface area contributed by atoms with Crippen molar-refractivity contribution in [3.05, 3.63) is 25.6 Å². The van der Waals surface area contributed by atoms with Crippen LogP contribution < -0.4 is 17.0 Å². The van der Waals surface area contributed by atoms with E-state index in [-0.39, 0.29) is 22.4 Å². The van der Waals surface area contributed by atoms with Gasteiger partial charge in [0.2, 0.25) is 5.91 Å². The lowest BCUT2D eigenvalue weighted by Crippen LogP contribution is -2.37. The molecule has 2 rings (SSSR count). The molecule has 0 aliphatic carbocycles. The number of carbonyl (C=O) groups excluding carboxylic acids is 1. The van der Waals surface area contributed by atoms with Crippen LogP contribution in [0.1, 0.15) is 0 Å². The molecule has 18 heavy (non-hydrogen) atoms. The fraction of sp³-hybridized carbons (Fsp3) is 0.333. The zero-order valence-corrected chi connectivity index (χ0v) is 11.3. The van der Waals surface area contributed by atoms with Crippen molar-refractivity contribution in [3.8, 4) is 0 Å². The molecule has 0 atom stereocenters. The van der Waals surface area contributed by atoms with Gasteiger partial charge in [-0.2, -0.15) is 0 Å². The number of fused-ring (bicyclic) bond motifs is 1. The van der Waals surface area contributed by atoms with Crippen LogP contribution in [0, 0.1) is 0 Å². The van der Waals surface area contributed by atoms with E-state index < -0.39 is 17.2 Å². The van der Waals surface area contributed by atoms with Crippen molar-refractivity contribution in [2.75, 3.05) is 0 Å². The number of hydrogen-bond donors (Lipinski definition) is 1. The molecule has 2 N–H and O–H groups in total. The van der Waals surface area contributed by atoms with E-state index in [9.17, 15) is 14.4 Å². The van der Waals surface area contributed by atoms with Gasteiger partial charge in [0.05, 0.1) is 0 Å². The highest BCUT2D eigenvalue weighted by Crippen LogP contribution is 2.15.